The largest absolute Gasteiger partial charge is 0.343 e. The molecule has 0 spiro atoms. The fourth-order valence-electron chi connectivity index (χ4n) is 2.31. The monoisotopic (exact) mass is 387 g/mol. The molecule has 6 nitrogen and oxygen atoms in total. The minimum Gasteiger partial charge on any atom is -0.343 e. The first-order valence-corrected chi connectivity index (χ1v) is 8.79. The Hall–Kier alpha value is -2.86. The summed E-state index contributed by atoms with van der Waals surface area (Å²) < 4.78 is 0. The zero-order valence-electron chi connectivity index (χ0n) is 15.5. The fourth-order valence-corrected chi connectivity index (χ4v) is 2.44. The quantitative estimate of drug-likeness (QED) is 0.800. The van der Waals surface area contributed by atoms with Crippen molar-refractivity contribution in [3.63, 3.8) is 0 Å². The Morgan fingerprint density at radius 1 is 1.00 bits per heavy atom. The van der Waals surface area contributed by atoms with E-state index in [2.05, 4.69) is 10.6 Å². The van der Waals surface area contributed by atoms with Crippen molar-refractivity contribution < 1.29 is 14.4 Å². The van der Waals surface area contributed by atoms with Crippen LogP contribution in [0.1, 0.15) is 21.5 Å². The molecule has 0 fully saturated rings. The van der Waals surface area contributed by atoms with Gasteiger partial charge in [0.1, 0.15) is 0 Å². The van der Waals surface area contributed by atoms with Crippen LogP contribution in [0.3, 0.4) is 0 Å². The summed E-state index contributed by atoms with van der Waals surface area (Å²) in [6.45, 7) is 3.58. The minimum absolute atomic E-state index is 0.124. The summed E-state index contributed by atoms with van der Waals surface area (Å²) in [5, 5.41) is 5.83. The summed E-state index contributed by atoms with van der Waals surface area (Å²) >= 11 is 5.79. The number of hydrogen-bond acceptors (Lipinski definition) is 3. The second-order valence-electron chi connectivity index (χ2n) is 6.29. The van der Waals surface area contributed by atoms with E-state index < -0.39 is 0 Å². The molecule has 142 valence electrons. The molecular formula is C20H22ClN3O3. The highest BCUT2D eigenvalue weighted by Crippen LogP contribution is 2.13. The summed E-state index contributed by atoms with van der Waals surface area (Å²) in [6.07, 6.45) is 0. The van der Waals surface area contributed by atoms with Gasteiger partial charge in [-0.25, -0.2) is 0 Å². The zero-order valence-corrected chi connectivity index (χ0v) is 16.3. The number of carbonyl (C=O) groups excluding carboxylic acids is 3. The number of halogens is 1. The van der Waals surface area contributed by atoms with Gasteiger partial charge in [0.2, 0.25) is 11.8 Å². The van der Waals surface area contributed by atoms with E-state index in [9.17, 15) is 14.4 Å². The van der Waals surface area contributed by atoms with Gasteiger partial charge in [0.25, 0.3) is 5.91 Å². The average Bonchev–Trinajstić information content (AvgIpc) is 2.63. The van der Waals surface area contributed by atoms with Crippen LogP contribution in [-0.4, -0.2) is 42.8 Å². The zero-order chi connectivity index (χ0) is 20.0. The van der Waals surface area contributed by atoms with Crippen molar-refractivity contribution in [3.8, 4) is 0 Å². The van der Waals surface area contributed by atoms with E-state index in [1.54, 1.807) is 36.4 Å². The van der Waals surface area contributed by atoms with Gasteiger partial charge < -0.3 is 15.5 Å². The van der Waals surface area contributed by atoms with Crippen molar-refractivity contribution in [1.82, 2.24) is 10.2 Å². The van der Waals surface area contributed by atoms with Crippen molar-refractivity contribution in [2.75, 3.05) is 25.5 Å². The second kappa shape index (κ2) is 9.19. The van der Waals surface area contributed by atoms with E-state index >= 15 is 0 Å². The highest BCUT2D eigenvalue weighted by atomic mass is 35.5. The molecule has 0 unspecified atom stereocenters. The lowest BCUT2D eigenvalue weighted by Crippen LogP contribution is -2.41. The van der Waals surface area contributed by atoms with Gasteiger partial charge in [0, 0.05) is 23.3 Å². The van der Waals surface area contributed by atoms with Gasteiger partial charge in [0.15, 0.2) is 0 Å². The van der Waals surface area contributed by atoms with Crippen LogP contribution in [0.2, 0.25) is 5.02 Å². The number of anilines is 1. The standard InChI is InChI=1S/C20H22ClN3O3/c1-13-4-5-15(10-14(13)2)20(27)22-11-19(26)24(3)12-18(25)23-17-8-6-16(21)7-9-17/h4-10H,11-12H2,1-3H3,(H,22,27)(H,23,25). The third kappa shape index (κ3) is 6.11. The Bertz CT molecular complexity index is 850. The summed E-state index contributed by atoms with van der Waals surface area (Å²) in [5.74, 6) is -1.03. The molecule has 2 rings (SSSR count). The fraction of sp³-hybridized carbons (Fsp3) is 0.250. The number of carbonyl (C=O) groups is 3. The Morgan fingerprint density at radius 2 is 1.67 bits per heavy atom. The summed E-state index contributed by atoms with van der Waals surface area (Å²) in [4.78, 5) is 37.6. The van der Waals surface area contributed by atoms with E-state index in [0.29, 0.717) is 16.3 Å². The molecule has 2 aromatic rings. The topological polar surface area (TPSA) is 78.5 Å². The third-order valence-electron chi connectivity index (χ3n) is 4.10. The lowest BCUT2D eigenvalue weighted by molar-refractivity contribution is -0.132. The van der Waals surface area contributed by atoms with Crippen LogP contribution < -0.4 is 10.6 Å². The molecule has 3 amide bonds. The summed E-state index contributed by atoms with van der Waals surface area (Å²) in [7, 11) is 1.51. The number of nitrogens with one attached hydrogen (secondary N) is 2. The van der Waals surface area contributed by atoms with Crippen LogP contribution in [0.4, 0.5) is 5.69 Å². The second-order valence-corrected chi connectivity index (χ2v) is 6.72. The van der Waals surface area contributed by atoms with E-state index in [1.165, 1.54) is 11.9 Å². The van der Waals surface area contributed by atoms with Gasteiger partial charge >= 0.3 is 0 Å². The van der Waals surface area contributed by atoms with Crippen LogP contribution in [0.15, 0.2) is 42.5 Å². The SMILES string of the molecule is Cc1ccc(C(=O)NCC(=O)N(C)CC(=O)Nc2ccc(Cl)cc2)cc1C. The number of benzene rings is 2. The van der Waals surface area contributed by atoms with E-state index in [4.69, 9.17) is 11.6 Å². The molecule has 0 atom stereocenters. The minimum atomic E-state index is -0.363. The summed E-state index contributed by atoms with van der Waals surface area (Å²) in [6, 6.07) is 12.0. The van der Waals surface area contributed by atoms with Gasteiger partial charge in [-0.15, -0.1) is 0 Å². The average molecular weight is 388 g/mol. The first-order valence-electron chi connectivity index (χ1n) is 8.41. The molecule has 0 aliphatic rings. The molecule has 27 heavy (non-hydrogen) atoms. The van der Waals surface area contributed by atoms with Gasteiger partial charge in [0.05, 0.1) is 13.1 Å². The van der Waals surface area contributed by atoms with Crippen LogP contribution >= 0.6 is 11.6 Å². The molecule has 7 heteroatoms. The Morgan fingerprint density at radius 3 is 2.30 bits per heavy atom. The third-order valence-corrected chi connectivity index (χ3v) is 4.36. The summed E-state index contributed by atoms with van der Waals surface area (Å²) in [5.41, 5.74) is 3.18. The van der Waals surface area contributed by atoms with E-state index in [1.807, 2.05) is 19.9 Å². The first-order chi connectivity index (χ1) is 12.8. The van der Waals surface area contributed by atoms with Gasteiger partial charge in [-0.2, -0.15) is 0 Å². The predicted octanol–water partition coefficient (Wildman–Crippen LogP) is 2.78. The van der Waals surface area contributed by atoms with Gasteiger partial charge in [-0.3, -0.25) is 14.4 Å². The van der Waals surface area contributed by atoms with Gasteiger partial charge in [-0.1, -0.05) is 17.7 Å². The molecule has 0 aliphatic heterocycles. The maximum absolute atomic E-state index is 12.2. The van der Waals surface area contributed by atoms with Crippen LogP contribution in [0, 0.1) is 13.8 Å². The number of rotatable bonds is 6. The number of amides is 3. The number of nitrogens with zero attached hydrogens (tertiary/aromatic N) is 1. The molecular weight excluding hydrogens is 366 g/mol. The maximum atomic E-state index is 12.2. The number of hydrogen-bond donors (Lipinski definition) is 2. The Balaban J connectivity index is 1.82. The van der Waals surface area contributed by atoms with Crippen molar-refractivity contribution >= 4 is 35.0 Å². The molecule has 2 aromatic carbocycles. The van der Waals surface area contributed by atoms with Crippen molar-refractivity contribution in [2.45, 2.75) is 13.8 Å². The first kappa shape index (κ1) is 20.5. The van der Waals surface area contributed by atoms with Crippen LogP contribution in [0.5, 0.6) is 0 Å². The number of likely N-dealkylation sites (N-methyl/N-ethyl adjacent to an activating group) is 1. The molecule has 0 aliphatic carbocycles. The highest BCUT2D eigenvalue weighted by Gasteiger charge is 2.15. The molecule has 0 radical (unpaired) electrons. The molecule has 0 bridgehead atoms. The number of aryl methyl sites for hydroxylation is 2. The molecule has 0 aromatic heterocycles. The van der Waals surface area contributed by atoms with Gasteiger partial charge in [-0.05, 0) is 61.4 Å². The Kier molecular flexibility index (Phi) is 6.96. The Labute approximate surface area is 163 Å². The van der Waals surface area contributed by atoms with E-state index in [-0.39, 0.29) is 30.8 Å². The normalized spacial score (nSPS) is 10.2. The van der Waals surface area contributed by atoms with Crippen molar-refractivity contribution in [3.05, 3.63) is 64.2 Å². The van der Waals surface area contributed by atoms with E-state index in [0.717, 1.165) is 11.1 Å². The lowest BCUT2D eigenvalue weighted by Gasteiger charge is -2.17. The molecule has 0 saturated heterocycles. The predicted molar refractivity (Wildman–Crippen MR) is 106 cm³/mol. The van der Waals surface area contributed by atoms with Crippen molar-refractivity contribution in [1.29, 1.82) is 0 Å². The highest BCUT2D eigenvalue weighted by molar-refractivity contribution is 6.30. The smallest absolute Gasteiger partial charge is 0.251 e. The van der Waals surface area contributed by atoms with Crippen LogP contribution in [0.25, 0.3) is 0 Å². The lowest BCUT2D eigenvalue weighted by atomic mass is 10.1. The van der Waals surface area contributed by atoms with Crippen molar-refractivity contribution in [2.24, 2.45) is 0 Å². The van der Waals surface area contributed by atoms with Crippen LogP contribution in [-0.2, 0) is 9.59 Å². The molecule has 0 saturated carbocycles. The molecule has 2 N–H and O–H groups in total. The maximum Gasteiger partial charge on any atom is 0.251 e. The molecule has 0 heterocycles.